The summed E-state index contributed by atoms with van der Waals surface area (Å²) in [5.41, 5.74) is -0.400. The lowest BCUT2D eigenvalue weighted by atomic mass is 10.2. The van der Waals surface area contributed by atoms with Crippen LogP contribution in [-0.2, 0) is 14.6 Å². The fourth-order valence-electron chi connectivity index (χ4n) is 2.61. The van der Waals surface area contributed by atoms with Gasteiger partial charge in [0.2, 0.25) is 15.7 Å². The van der Waals surface area contributed by atoms with Gasteiger partial charge in [0, 0.05) is 11.1 Å². The molecule has 0 bridgehead atoms. The first kappa shape index (κ1) is 23.6. The Balaban J connectivity index is 1.70. The van der Waals surface area contributed by atoms with Crippen molar-refractivity contribution in [2.75, 3.05) is 25.3 Å². The Labute approximate surface area is 193 Å². The number of hydrogen-bond acceptors (Lipinski definition) is 8. The molecule has 32 heavy (non-hydrogen) atoms. The topological polar surface area (TPSA) is 127 Å². The Morgan fingerprint density at radius 1 is 1.19 bits per heavy atom. The van der Waals surface area contributed by atoms with Crippen molar-refractivity contribution in [3.8, 4) is 11.5 Å². The Bertz CT molecular complexity index is 1310. The number of ether oxygens (including phenoxy) is 2. The third kappa shape index (κ3) is 5.42. The maximum atomic E-state index is 12.7. The smallest absolute Gasteiger partial charge is 0.270 e. The van der Waals surface area contributed by atoms with Crippen LogP contribution in [-0.4, -0.2) is 44.3 Å². The van der Waals surface area contributed by atoms with Crippen LogP contribution in [0.25, 0.3) is 0 Å². The summed E-state index contributed by atoms with van der Waals surface area (Å²) in [5, 5.41) is 3.01. The number of hydrogen-bond donors (Lipinski definition) is 2. The predicted molar refractivity (Wildman–Crippen MR) is 121 cm³/mol. The molecule has 0 aliphatic rings. The van der Waals surface area contributed by atoms with Crippen LogP contribution in [0.1, 0.15) is 0 Å². The van der Waals surface area contributed by atoms with Crippen molar-refractivity contribution in [3.63, 3.8) is 0 Å². The SMILES string of the molecule is COc1ccc(NC(=O)CSc2ncc(S(=O)(=O)c3cccc(Cl)c3)c(=O)[nH]2)c(OC)c1. The molecule has 0 saturated heterocycles. The standard InChI is InChI=1S/C20H18ClN3O6S2/c1-29-13-6-7-15(16(9-13)30-2)23-18(25)11-31-20-22-10-17(19(26)24-20)32(27,28)14-5-3-4-12(21)8-14/h3-10H,11H2,1-2H3,(H,23,25)(H,22,24,26). The Morgan fingerprint density at radius 3 is 2.62 bits per heavy atom. The molecule has 0 radical (unpaired) electrons. The fraction of sp³-hybridized carbons (Fsp3) is 0.150. The van der Waals surface area contributed by atoms with E-state index in [0.29, 0.717) is 17.2 Å². The van der Waals surface area contributed by atoms with E-state index in [4.69, 9.17) is 21.1 Å². The van der Waals surface area contributed by atoms with Gasteiger partial charge in [0.1, 0.15) is 11.5 Å². The molecule has 0 aliphatic carbocycles. The maximum Gasteiger partial charge on any atom is 0.270 e. The summed E-state index contributed by atoms with van der Waals surface area (Å²) in [7, 11) is -1.12. The van der Waals surface area contributed by atoms with Gasteiger partial charge < -0.3 is 19.8 Å². The molecule has 0 unspecified atom stereocenters. The number of aromatic nitrogens is 2. The van der Waals surface area contributed by atoms with E-state index in [1.165, 1.54) is 38.5 Å². The van der Waals surface area contributed by atoms with E-state index in [2.05, 4.69) is 15.3 Å². The molecule has 0 saturated carbocycles. The van der Waals surface area contributed by atoms with E-state index >= 15 is 0 Å². The normalized spacial score (nSPS) is 11.1. The van der Waals surface area contributed by atoms with Crippen LogP contribution >= 0.6 is 23.4 Å². The average Bonchev–Trinajstić information content (AvgIpc) is 2.77. The van der Waals surface area contributed by atoms with Gasteiger partial charge in [-0.3, -0.25) is 9.59 Å². The van der Waals surface area contributed by atoms with Gasteiger partial charge in [-0.2, -0.15) is 0 Å². The number of anilines is 1. The molecule has 0 aliphatic heterocycles. The molecule has 1 aromatic heterocycles. The third-order valence-corrected chi connectivity index (χ3v) is 7.03. The van der Waals surface area contributed by atoms with Crippen LogP contribution in [0.3, 0.4) is 0 Å². The molecule has 2 N–H and O–H groups in total. The van der Waals surface area contributed by atoms with Crippen molar-refractivity contribution in [2.45, 2.75) is 14.9 Å². The van der Waals surface area contributed by atoms with Gasteiger partial charge in [-0.15, -0.1) is 0 Å². The van der Waals surface area contributed by atoms with Crippen LogP contribution in [0.5, 0.6) is 11.5 Å². The molecule has 3 rings (SSSR count). The van der Waals surface area contributed by atoms with Gasteiger partial charge in [-0.1, -0.05) is 29.4 Å². The lowest BCUT2D eigenvalue weighted by Gasteiger charge is -2.11. The zero-order chi connectivity index (χ0) is 23.3. The van der Waals surface area contributed by atoms with Crippen LogP contribution in [0.2, 0.25) is 5.02 Å². The zero-order valence-corrected chi connectivity index (χ0v) is 19.3. The molecule has 0 fully saturated rings. The van der Waals surface area contributed by atoms with Crippen LogP contribution in [0, 0.1) is 0 Å². The molecule has 1 amide bonds. The number of nitrogens with zero attached hydrogens (tertiary/aromatic N) is 1. The largest absolute Gasteiger partial charge is 0.497 e. The molecule has 0 atom stereocenters. The minimum absolute atomic E-state index is 0.0848. The van der Waals surface area contributed by atoms with Gasteiger partial charge in [-0.25, -0.2) is 13.4 Å². The van der Waals surface area contributed by atoms with Gasteiger partial charge in [0.05, 0.1) is 36.8 Å². The number of nitrogens with one attached hydrogen (secondary N) is 2. The molecule has 12 heteroatoms. The highest BCUT2D eigenvalue weighted by molar-refractivity contribution is 7.99. The summed E-state index contributed by atoms with van der Waals surface area (Å²) in [6, 6.07) is 10.5. The number of rotatable bonds is 8. The lowest BCUT2D eigenvalue weighted by molar-refractivity contribution is -0.113. The molecule has 2 aromatic carbocycles. The molecule has 0 spiro atoms. The number of thioether (sulfide) groups is 1. The fourth-order valence-corrected chi connectivity index (χ4v) is 4.78. The van der Waals surface area contributed by atoms with E-state index in [0.717, 1.165) is 18.0 Å². The van der Waals surface area contributed by atoms with E-state index in [-0.39, 0.29) is 26.7 Å². The third-order valence-electron chi connectivity index (χ3n) is 4.16. The second-order valence-electron chi connectivity index (χ2n) is 6.25. The second kappa shape index (κ2) is 10.1. The van der Waals surface area contributed by atoms with E-state index in [9.17, 15) is 18.0 Å². The van der Waals surface area contributed by atoms with Crippen molar-refractivity contribution >= 4 is 44.8 Å². The minimum atomic E-state index is -4.10. The van der Waals surface area contributed by atoms with E-state index in [1.807, 2.05) is 0 Å². The first-order valence-electron chi connectivity index (χ1n) is 8.99. The number of carbonyl (C=O) groups excluding carboxylic acids is 1. The number of sulfone groups is 1. The van der Waals surface area contributed by atoms with Gasteiger partial charge in [0.25, 0.3) is 5.56 Å². The predicted octanol–water partition coefficient (Wildman–Crippen LogP) is 3.00. The Kier molecular flexibility index (Phi) is 7.44. The summed E-state index contributed by atoms with van der Waals surface area (Å²) < 4.78 is 35.7. The van der Waals surface area contributed by atoms with E-state index < -0.39 is 20.3 Å². The van der Waals surface area contributed by atoms with Crippen molar-refractivity contribution in [1.82, 2.24) is 9.97 Å². The minimum Gasteiger partial charge on any atom is -0.497 e. The highest BCUT2D eigenvalue weighted by Crippen LogP contribution is 2.29. The number of aromatic amines is 1. The molecular formula is C20H18ClN3O6S2. The summed E-state index contributed by atoms with van der Waals surface area (Å²) in [6.45, 7) is 0. The summed E-state index contributed by atoms with van der Waals surface area (Å²) in [6.07, 6.45) is 0.960. The molecule has 9 nitrogen and oxygen atoms in total. The molecular weight excluding hydrogens is 478 g/mol. The first-order valence-corrected chi connectivity index (χ1v) is 11.8. The number of methoxy groups -OCH3 is 2. The quantitative estimate of drug-likeness (QED) is 0.360. The number of H-pyrrole nitrogens is 1. The average molecular weight is 496 g/mol. The van der Waals surface area contributed by atoms with Crippen molar-refractivity contribution in [3.05, 3.63) is 64.0 Å². The van der Waals surface area contributed by atoms with Gasteiger partial charge in [0.15, 0.2) is 10.1 Å². The van der Waals surface area contributed by atoms with Crippen molar-refractivity contribution in [1.29, 1.82) is 0 Å². The van der Waals surface area contributed by atoms with Crippen LogP contribution in [0.4, 0.5) is 5.69 Å². The van der Waals surface area contributed by atoms with Gasteiger partial charge in [-0.05, 0) is 30.3 Å². The zero-order valence-electron chi connectivity index (χ0n) is 16.9. The van der Waals surface area contributed by atoms with E-state index in [1.54, 1.807) is 18.2 Å². The highest BCUT2D eigenvalue weighted by Gasteiger charge is 2.22. The number of amides is 1. The second-order valence-corrected chi connectivity index (χ2v) is 9.56. The highest BCUT2D eigenvalue weighted by atomic mass is 35.5. The monoisotopic (exact) mass is 495 g/mol. The number of carbonyl (C=O) groups is 1. The summed E-state index contributed by atoms with van der Waals surface area (Å²) >= 11 is 6.79. The van der Waals surface area contributed by atoms with Crippen molar-refractivity contribution in [2.24, 2.45) is 0 Å². The molecule has 3 aromatic rings. The summed E-state index contributed by atoms with van der Waals surface area (Å²) in [5.74, 6) is 0.531. The summed E-state index contributed by atoms with van der Waals surface area (Å²) in [4.78, 5) is 30.4. The van der Waals surface area contributed by atoms with Crippen LogP contribution in [0.15, 0.2) is 68.4 Å². The number of halogens is 1. The Morgan fingerprint density at radius 2 is 1.97 bits per heavy atom. The molecule has 168 valence electrons. The number of benzene rings is 2. The molecule has 1 heterocycles. The lowest BCUT2D eigenvalue weighted by Crippen LogP contribution is -2.20. The maximum absolute atomic E-state index is 12.7. The Hall–Kier alpha value is -3.02. The first-order chi connectivity index (χ1) is 15.2. The van der Waals surface area contributed by atoms with Gasteiger partial charge >= 0.3 is 0 Å². The van der Waals surface area contributed by atoms with Crippen LogP contribution < -0.4 is 20.3 Å². The van der Waals surface area contributed by atoms with Crippen molar-refractivity contribution < 1.29 is 22.7 Å².